The second kappa shape index (κ2) is 4.67. The van der Waals surface area contributed by atoms with Crippen molar-refractivity contribution in [1.82, 2.24) is 0 Å². The molecule has 4 heteroatoms. The molecule has 12 heavy (non-hydrogen) atoms. The molecule has 0 heterocycles. The smallest absolute Gasteiger partial charge is 0.259 e. The van der Waals surface area contributed by atoms with Gasteiger partial charge in [0.2, 0.25) is 0 Å². The number of rotatable bonds is 4. The van der Waals surface area contributed by atoms with E-state index in [0.717, 1.165) is 0 Å². The van der Waals surface area contributed by atoms with Crippen molar-refractivity contribution in [1.29, 1.82) is 0 Å². The molecule has 0 atom stereocenters. The van der Waals surface area contributed by atoms with Gasteiger partial charge in [0, 0.05) is 6.08 Å². The minimum absolute atomic E-state index is 0.00636. The van der Waals surface area contributed by atoms with Gasteiger partial charge in [0.15, 0.2) is 5.78 Å². The molecule has 2 nitrogen and oxygen atoms in total. The van der Waals surface area contributed by atoms with Gasteiger partial charge in [-0.2, -0.15) is 0 Å². The van der Waals surface area contributed by atoms with Crippen molar-refractivity contribution in [2.24, 2.45) is 0 Å². The van der Waals surface area contributed by atoms with Crippen LogP contribution in [-0.4, -0.2) is 19.6 Å². The highest BCUT2D eigenvalue weighted by Gasteiger charge is 2.22. The Kier molecular flexibility index (Phi) is 4.56. The average molecular weight is 207 g/mol. The van der Waals surface area contributed by atoms with Crippen LogP contribution in [0.25, 0.3) is 0 Å². The second-order valence-corrected chi connectivity index (χ2v) is 8.15. The van der Waals surface area contributed by atoms with E-state index < -0.39 is 8.32 Å². The molecule has 0 amide bonds. The third-order valence-electron chi connectivity index (χ3n) is 1.17. The summed E-state index contributed by atoms with van der Waals surface area (Å²) in [5.41, 5.74) is 0.538. The molecular formula is C8H15ClO2Si. The van der Waals surface area contributed by atoms with E-state index >= 15 is 0 Å². The van der Waals surface area contributed by atoms with Gasteiger partial charge in [0.25, 0.3) is 8.32 Å². The highest BCUT2D eigenvalue weighted by molar-refractivity contribution is 6.77. The maximum absolute atomic E-state index is 10.7. The zero-order valence-corrected chi connectivity index (χ0v) is 9.73. The molecule has 0 aliphatic heterocycles. The largest absolute Gasteiger partial charge is 0.546 e. The summed E-state index contributed by atoms with van der Waals surface area (Å²) in [5, 5.41) is 0. The Balaban J connectivity index is 4.17. The standard InChI is InChI=1S/C8H15ClO2Si/c1-7(10)5-8(2)11-12(3,4)6-9/h5H,6H2,1-4H3/b8-5+. The molecule has 0 N–H and O–H groups in total. The van der Waals surface area contributed by atoms with Crippen LogP contribution in [0.2, 0.25) is 13.1 Å². The fraction of sp³-hybridized carbons (Fsp3) is 0.625. The van der Waals surface area contributed by atoms with Crippen molar-refractivity contribution in [3.63, 3.8) is 0 Å². The lowest BCUT2D eigenvalue weighted by Crippen LogP contribution is -2.32. The Morgan fingerprint density at radius 1 is 1.50 bits per heavy atom. The molecule has 0 aromatic carbocycles. The van der Waals surface area contributed by atoms with Crippen LogP contribution in [0.1, 0.15) is 13.8 Å². The Bertz CT molecular complexity index is 199. The quantitative estimate of drug-likeness (QED) is 0.306. The summed E-state index contributed by atoms with van der Waals surface area (Å²) >= 11 is 5.70. The molecule has 0 radical (unpaired) electrons. The highest BCUT2D eigenvalue weighted by Crippen LogP contribution is 2.11. The third-order valence-corrected chi connectivity index (χ3v) is 4.61. The first-order valence-electron chi connectivity index (χ1n) is 3.81. The van der Waals surface area contributed by atoms with Gasteiger partial charge in [0.05, 0.1) is 11.3 Å². The van der Waals surface area contributed by atoms with Gasteiger partial charge in [0.1, 0.15) is 0 Å². The van der Waals surface area contributed by atoms with Gasteiger partial charge in [-0.05, 0) is 26.9 Å². The minimum Gasteiger partial charge on any atom is -0.546 e. The van der Waals surface area contributed by atoms with Crippen LogP contribution in [0.5, 0.6) is 0 Å². The van der Waals surface area contributed by atoms with Gasteiger partial charge >= 0.3 is 0 Å². The summed E-state index contributed by atoms with van der Waals surface area (Å²) in [7, 11) is -1.76. The summed E-state index contributed by atoms with van der Waals surface area (Å²) in [6, 6.07) is 0. The molecule has 0 saturated carbocycles. The van der Waals surface area contributed by atoms with Crippen molar-refractivity contribution in [2.45, 2.75) is 26.9 Å². The van der Waals surface area contributed by atoms with Crippen LogP contribution >= 0.6 is 11.6 Å². The summed E-state index contributed by atoms with van der Waals surface area (Å²) in [6.07, 6.45) is 1.49. The lowest BCUT2D eigenvalue weighted by Gasteiger charge is -2.21. The summed E-state index contributed by atoms with van der Waals surface area (Å²) in [6.45, 7) is 7.31. The third kappa shape index (κ3) is 5.38. The van der Waals surface area contributed by atoms with Crippen LogP contribution in [0.4, 0.5) is 0 Å². The Hall–Kier alpha value is -0.283. The van der Waals surface area contributed by atoms with Gasteiger partial charge in [-0.3, -0.25) is 4.79 Å². The van der Waals surface area contributed by atoms with Crippen molar-refractivity contribution < 1.29 is 9.22 Å². The van der Waals surface area contributed by atoms with Crippen LogP contribution in [0.15, 0.2) is 11.8 Å². The van der Waals surface area contributed by atoms with Crippen molar-refractivity contribution in [3.8, 4) is 0 Å². The Morgan fingerprint density at radius 2 is 2.00 bits per heavy atom. The molecule has 0 saturated heterocycles. The Labute approximate surface area is 79.7 Å². The van der Waals surface area contributed by atoms with Gasteiger partial charge in [-0.25, -0.2) is 0 Å². The molecule has 0 unspecified atom stereocenters. The van der Waals surface area contributed by atoms with Crippen LogP contribution in [0.3, 0.4) is 0 Å². The number of ketones is 1. The van der Waals surface area contributed by atoms with E-state index in [0.29, 0.717) is 11.3 Å². The number of halogens is 1. The minimum atomic E-state index is -1.76. The van der Waals surface area contributed by atoms with E-state index in [1.54, 1.807) is 6.92 Å². The topological polar surface area (TPSA) is 26.3 Å². The highest BCUT2D eigenvalue weighted by atomic mass is 35.5. The van der Waals surface area contributed by atoms with Crippen molar-refractivity contribution in [2.75, 3.05) is 5.50 Å². The lowest BCUT2D eigenvalue weighted by molar-refractivity contribution is -0.112. The molecular weight excluding hydrogens is 192 g/mol. The summed E-state index contributed by atoms with van der Waals surface area (Å²) in [5.74, 6) is 0.673. The molecule has 0 aromatic rings. The maximum Gasteiger partial charge on any atom is 0.259 e. The van der Waals surface area contributed by atoms with E-state index in [1.165, 1.54) is 13.0 Å². The monoisotopic (exact) mass is 206 g/mol. The number of carbonyl (C=O) groups is 1. The van der Waals surface area contributed by atoms with E-state index in [-0.39, 0.29) is 5.78 Å². The second-order valence-electron chi connectivity index (χ2n) is 3.36. The number of carbonyl (C=O) groups excluding carboxylic acids is 1. The zero-order valence-electron chi connectivity index (χ0n) is 7.98. The normalized spacial score (nSPS) is 12.9. The number of hydrogen-bond donors (Lipinski definition) is 0. The fourth-order valence-electron chi connectivity index (χ4n) is 0.779. The van der Waals surface area contributed by atoms with Crippen LogP contribution < -0.4 is 0 Å². The predicted octanol–water partition coefficient (Wildman–Crippen LogP) is 2.48. The number of hydrogen-bond acceptors (Lipinski definition) is 2. The van der Waals surface area contributed by atoms with Crippen LogP contribution in [0, 0.1) is 0 Å². The van der Waals surface area contributed by atoms with Gasteiger partial charge < -0.3 is 4.43 Å². The molecule has 0 spiro atoms. The number of alkyl halides is 1. The fourth-order valence-corrected chi connectivity index (χ4v) is 1.93. The first-order chi connectivity index (χ1) is 5.37. The van der Waals surface area contributed by atoms with Gasteiger partial charge in [-0.15, -0.1) is 11.6 Å². The zero-order chi connectivity index (χ0) is 9.78. The van der Waals surface area contributed by atoms with Crippen molar-refractivity contribution >= 4 is 25.7 Å². The molecule has 0 fully saturated rings. The first kappa shape index (κ1) is 11.7. The maximum atomic E-state index is 10.7. The van der Waals surface area contributed by atoms with Gasteiger partial charge in [-0.1, -0.05) is 0 Å². The predicted molar refractivity (Wildman–Crippen MR) is 53.7 cm³/mol. The Morgan fingerprint density at radius 3 is 2.33 bits per heavy atom. The molecule has 0 aromatic heterocycles. The summed E-state index contributed by atoms with van der Waals surface area (Å²) < 4.78 is 5.54. The molecule has 0 bridgehead atoms. The molecule has 0 aliphatic carbocycles. The lowest BCUT2D eigenvalue weighted by atomic mass is 10.4. The van der Waals surface area contributed by atoms with E-state index in [2.05, 4.69) is 0 Å². The molecule has 0 rings (SSSR count). The molecule has 70 valence electrons. The van der Waals surface area contributed by atoms with E-state index in [9.17, 15) is 4.79 Å². The molecule has 0 aliphatic rings. The summed E-state index contributed by atoms with van der Waals surface area (Å²) in [4.78, 5) is 10.7. The SMILES string of the molecule is CC(=O)/C=C(\C)O[Si](C)(C)CCl. The average Bonchev–Trinajstić information content (AvgIpc) is 1.84. The first-order valence-corrected chi connectivity index (χ1v) is 7.46. The van der Waals surface area contributed by atoms with E-state index in [4.69, 9.17) is 16.0 Å². The van der Waals surface area contributed by atoms with Crippen LogP contribution in [-0.2, 0) is 9.22 Å². The van der Waals surface area contributed by atoms with E-state index in [1.807, 2.05) is 13.1 Å². The number of allylic oxidation sites excluding steroid dienone is 2. The van der Waals surface area contributed by atoms with Crippen molar-refractivity contribution in [3.05, 3.63) is 11.8 Å².